The van der Waals surface area contributed by atoms with Crippen molar-refractivity contribution < 1.29 is 4.79 Å². The number of nitrogens with one attached hydrogen (secondary N) is 1. The zero-order chi connectivity index (χ0) is 17.3. The minimum atomic E-state index is -0.320. The monoisotopic (exact) mass is 359 g/mol. The zero-order valence-corrected chi connectivity index (χ0v) is 15.2. The second-order valence-corrected chi connectivity index (χ2v) is 7.67. The van der Waals surface area contributed by atoms with Crippen molar-refractivity contribution in [2.75, 3.05) is 7.05 Å². The molecule has 0 radical (unpaired) electrons. The fourth-order valence-electron chi connectivity index (χ4n) is 2.31. The highest BCUT2D eigenvalue weighted by atomic mass is 32.2. The summed E-state index contributed by atoms with van der Waals surface area (Å²) in [6.45, 7) is 1.80. The molecular weight excluding hydrogens is 342 g/mol. The minimum Gasteiger partial charge on any atom is -0.358 e. The number of thiophene rings is 1. The second kappa shape index (κ2) is 6.78. The Kier molecular flexibility index (Phi) is 4.73. The van der Waals surface area contributed by atoms with Crippen molar-refractivity contribution in [2.45, 2.75) is 17.3 Å². The van der Waals surface area contributed by atoms with Gasteiger partial charge in [0.2, 0.25) is 5.91 Å². The van der Waals surface area contributed by atoms with Crippen LogP contribution in [0.5, 0.6) is 0 Å². The summed E-state index contributed by atoms with van der Waals surface area (Å²) in [5.41, 5.74) is 0.973. The van der Waals surface area contributed by atoms with E-state index in [1.165, 1.54) is 27.7 Å². The molecule has 0 aliphatic carbocycles. The zero-order valence-electron chi connectivity index (χ0n) is 13.6. The Morgan fingerprint density at radius 3 is 2.71 bits per heavy atom. The van der Waals surface area contributed by atoms with Gasteiger partial charge in [0.1, 0.15) is 4.83 Å². The molecule has 1 N–H and O–H groups in total. The number of fused-ring (bicyclic) bond motifs is 1. The SMILES string of the molecule is CNC(=O)C(C)Sc1nc2sc(-c3ccccc3)cc2c(=O)n1C. The van der Waals surface area contributed by atoms with Crippen LogP contribution in [0.2, 0.25) is 0 Å². The predicted octanol–water partition coefficient (Wildman–Crippen LogP) is 2.89. The van der Waals surface area contributed by atoms with E-state index in [1.54, 1.807) is 21.0 Å². The molecule has 0 fully saturated rings. The van der Waals surface area contributed by atoms with Gasteiger partial charge in [-0.05, 0) is 18.6 Å². The molecule has 1 unspecified atom stereocenters. The van der Waals surface area contributed by atoms with E-state index < -0.39 is 0 Å². The molecule has 3 aromatic rings. The van der Waals surface area contributed by atoms with Crippen LogP contribution in [0.3, 0.4) is 0 Å². The van der Waals surface area contributed by atoms with Gasteiger partial charge in [0.25, 0.3) is 5.56 Å². The number of amides is 1. The molecule has 3 rings (SSSR count). The predicted molar refractivity (Wildman–Crippen MR) is 99.7 cm³/mol. The molecule has 2 aromatic heterocycles. The van der Waals surface area contributed by atoms with E-state index in [4.69, 9.17) is 0 Å². The first-order chi connectivity index (χ1) is 11.5. The Labute approximate surface area is 147 Å². The van der Waals surface area contributed by atoms with Crippen molar-refractivity contribution in [3.63, 3.8) is 0 Å². The number of aromatic nitrogens is 2. The average Bonchev–Trinajstić information content (AvgIpc) is 3.03. The lowest BCUT2D eigenvalue weighted by atomic mass is 10.2. The third-order valence-electron chi connectivity index (χ3n) is 3.69. The fraction of sp³-hybridized carbons (Fsp3) is 0.235. The Hall–Kier alpha value is -2.12. The quantitative estimate of drug-likeness (QED) is 0.575. The lowest BCUT2D eigenvalue weighted by Crippen LogP contribution is -2.28. The highest BCUT2D eigenvalue weighted by Crippen LogP contribution is 2.32. The molecule has 0 spiro atoms. The molecule has 0 aliphatic heterocycles. The van der Waals surface area contributed by atoms with E-state index in [1.807, 2.05) is 36.4 Å². The lowest BCUT2D eigenvalue weighted by Gasteiger charge is -2.11. The van der Waals surface area contributed by atoms with Gasteiger partial charge in [-0.3, -0.25) is 14.2 Å². The summed E-state index contributed by atoms with van der Waals surface area (Å²) < 4.78 is 1.51. The maximum absolute atomic E-state index is 12.6. The highest BCUT2D eigenvalue weighted by Gasteiger charge is 2.18. The number of carbonyl (C=O) groups excluding carboxylic acids is 1. The van der Waals surface area contributed by atoms with Gasteiger partial charge < -0.3 is 5.32 Å². The highest BCUT2D eigenvalue weighted by molar-refractivity contribution is 8.00. The average molecular weight is 359 g/mol. The van der Waals surface area contributed by atoms with Crippen LogP contribution >= 0.6 is 23.1 Å². The maximum atomic E-state index is 12.6. The number of benzene rings is 1. The van der Waals surface area contributed by atoms with Gasteiger partial charge in [-0.2, -0.15) is 0 Å². The number of nitrogens with zero attached hydrogens (tertiary/aromatic N) is 2. The second-order valence-electron chi connectivity index (χ2n) is 5.33. The Morgan fingerprint density at radius 1 is 1.33 bits per heavy atom. The Bertz CT molecular complexity index is 948. The van der Waals surface area contributed by atoms with Gasteiger partial charge in [-0.25, -0.2) is 4.98 Å². The van der Waals surface area contributed by atoms with Gasteiger partial charge in [0.05, 0.1) is 10.6 Å². The minimum absolute atomic E-state index is 0.0921. The van der Waals surface area contributed by atoms with Crippen LogP contribution in [-0.2, 0) is 11.8 Å². The van der Waals surface area contributed by atoms with E-state index in [-0.39, 0.29) is 16.7 Å². The van der Waals surface area contributed by atoms with E-state index >= 15 is 0 Å². The molecule has 2 heterocycles. The molecule has 0 saturated carbocycles. The normalized spacial score (nSPS) is 12.3. The van der Waals surface area contributed by atoms with Crippen molar-refractivity contribution in [3.8, 4) is 10.4 Å². The number of thioether (sulfide) groups is 1. The van der Waals surface area contributed by atoms with Crippen LogP contribution in [0, 0.1) is 0 Å². The number of hydrogen-bond donors (Lipinski definition) is 1. The molecule has 5 nitrogen and oxygen atoms in total. The van der Waals surface area contributed by atoms with Crippen molar-refractivity contribution in [3.05, 3.63) is 46.8 Å². The summed E-state index contributed by atoms with van der Waals surface area (Å²) >= 11 is 2.77. The third-order valence-corrected chi connectivity index (χ3v) is 5.91. The molecular formula is C17H17N3O2S2. The summed E-state index contributed by atoms with van der Waals surface area (Å²) in [7, 11) is 3.29. The van der Waals surface area contributed by atoms with E-state index in [0.29, 0.717) is 15.4 Å². The first-order valence-corrected chi connectivity index (χ1v) is 9.15. The first kappa shape index (κ1) is 16.7. The van der Waals surface area contributed by atoms with Crippen molar-refractivity contribution >= 4 is 39.2 Å². The molecule has 0 saturated heterocycles. The van der Waals surface area contributed by atoms with Crippen molar-refractivity contribution in [1.29, 1.82) is 0 Å². The first-order valence-electron chi connectivity index (χ1n) is 7.45. The molecule has 1 amide bonds. The summed E-state index contributed by atoms with van der Waals surface area (Å²) in [6, 6.07) is 11.8. The van der Waals surface area contributed by atoms with Crippen LogP contribution in [0.1, 0.15) is 6.92 Å². The van der Waals surface area contributed by atoms with Gasteiger partial charge in [-0.1, -0.05) is 42.1 Å². The maximum Gasteiger partial charge on any atom is 0.262 e. The molecule has 0 aliphatic rings. The Morgan fingerprint density at radius 2 is 2.04 bits per heavy atom. The standard InChI is InChI=1S/C17H17N3O2S2/c1-10(14(21)18-2)23-17-19-15-12(16(22)20(17)3)9-13(24-15)11-7-5-4-6-8-11/h4-10H,1-3H3,(H,18,21). The van der Waals surface area contributed by atoms with Crippen LogP contribution in [0.15, 0.2) is 46.3 Å². The summed E-state index contributed by atoms with van der Waals surface area (Å²) in [5.74, 6) is -0.0921. The number of rotatable bonds is 4. The number of hydrogen-bond acceptors (Lipinski definition) is 5. The summed E-state index contributed by atoms with van der Waals surface area (Å²) in [6.07, 6.45) is 0. The summed E-state index contributed by atoms with van der Waals surface area (Å²) in [5, 5.41) is 3.45. The van der Waals surface area contributed by atoms with E-state index in [2.05, 4.69) is 10.3 Å². The third kappa shape index (κ3) is 3.09. The van der Waals surface area contributed by atoms with Crippen molar-refractivity contribution in [2.24, 2.45) is 7.05 Å². The molecule has 7 heteroatoms. The molecule has 1 atom stereocenters. The van der Waals surface area contributed by atoms with Gasteiger partial charge in [-0.15, -0.1) is 11.3 Å². The van der Waals surface area contributed by atoms with Gasteiger partial charge in [0, 0.05) is 19.0 Å². The van der Waals surface area contributed by atoms with Gasteiger partial charge >= 0.3 is 0 Å². The van der Waals surface area contributed by atoms with Crippen LogP contribution in [0.25, 0.3) is 20.7 Å². The van der Waals surface area contributed by atoms with Crippen LogP contribution in [0.4, 0.5) is 0 Å². The lowest BCUT2D eigenvalue weighted by molar-refractivity contribution is -0.119. The van der Waals surface area contributed by atoms with E-state index in [0.717, 1.165) is 10.4 Å². The smallest absolute Gasteiger partial charge is 0.262 e. The molecule has 124 valence electrons. The largest absolute Gasteiger partial charge is 0.358 e. The van der Waals surface area contributed by atoms with Crippen molar-refractivity contribution in [1.82, 2.24) is 14.9 Å². The fourth-order valence-corrected chi connectivity index (χ4v) is 4.32. The summed E-state index contributed by atoms with van der Waals surface area (Å²) in [4.78, 5) is 30.7. The number of carbonyl (C=O) groups is 1. The van der Waals surface area contributed by atoms with Crippen LogP contribution in [-0.4, -0.2) is 27.8 Å². The topological polar surface area (TPSA) is 64.0 Å². The molecule has 1 aromatic carbocycles. The Balaban J connectivity index is 2.06. The molecule has 0 bridgehead atoms. The van der Waals surface area contributed by atoms with Gasteiger partial charge in [0.15, 0.2) is 5.16 Å². The van der Waals surface area contributed by atoms with Crippen LogP contribution < -0.4 is 10.9 Å². The van der Waals surface area contributed by atoms with E-state index in [9.17, 15) is 9.59 Å². The molecule has 24 heavy (non-hydrogen) atoms.